The lowest BCUT2D eigenvalue weighted by Gasteiger charge is -2.50. The van der Waals surface area contributed by atoms with Crippen molar-refractivity contribution in [3.63, 3.8) is 0 Å². The summed E-state index contributed by atoms with van der Waals surface area (Å²) in [6.45, 7) is 9.11. The molecule has 1 saturated carbocycles. The van der Waals surface area contributed by atoms with Crippen molar-refractivity contribution in [3.8, 4) is 0 Å². The molecule has 0 aromatic rings. The zero-order valence-corrected chi connectivity index (χ0v) is 13.8. The molecule has 1 N–H and O–H groups in total. The van der Waals surface area contributed by atoms with E-state index in [1.165, 1.54) is 25.7 Å². The van der Waals surface area contributed by atoms with Gasteiger partial charge in [0.2, 0.25) is 0 Å². The average molecular weight is 286 g/mol. The summed E-state index contributed by atoms with van der Waals surface area (Å²) in [4.78, 5) is 2.65. The van der Waals surface area contributed by atoms with Gasteiger partial charge in [0.1, 0.15) is 0 Å². The van der Waals surface area contributed by atoms with Crippen LogP contribution in [0.15, 0.2) is 0 Å². The van der Waals surface area contributed by atoms with Gasteiger partial charge < -0.3 is 5.32 Å². The van der Waals surface area contributed by atoms with Crippen molar-refractivity contribution in [1.82, 2.24) is 10.2 Å². The summed E-state index contributed by atoms with van der Waals surface area (Å²) >= 11 is 0. The first kappa shape index (κ1) is 15.5. The Morgan fingerprint density at radius 1 is 1.32 bits per heavy atom. The van der Waals surface area contributed by atoms with Crippen LogP contribution in [0.5, 0.6) is 0 Å². The molecular formula is C15H30N2OS. The zero-order chi connectivity index (χ0) is 14.0. The quantitative estimate of drug-likeness (QED) is 0.858. The molecule has 2 aliphatic rings. The third-order valence-corrected chi connectivity index (χ3v) is 5.92. The minimum atomic E-state index is -0.701. The maximum Gasteiger partial charge on any atom is 0.0385 e. The zero-order valence-electron chi connectivity index (χ0n) is 12.9. The molecule has 1 aliphatic carbocycles. The normalized spacial score (nSPS) is 30.9. The highest BCUT2D eigenvalue weighted by Gasteiger charge is 2.43. The van der Waals surface area contributed by atoms with E-state index in [-0.39, 0.29) is 0 Å². The van der Waals surface area contributed by atoms with Gasteiger partial charge >= 0.3 is 0 Å². The molecule has 0 radical (unpaired) electrons. The molecule has 3 atom stereocenters. The lowest BCUT2D eigenvalue weighted by atomic mass is 9.88. The van der Waals surface area contributed by atoms with E-state index in [9.17, 15) is 4.21 Å². The first-order valence-electron chi connectivity index (χ1n) is 7.74. The van der Waals surface area contributed by atoms with Gasteiger partial charge in [0.15, 0.2) is 0 Å². The predicted molar refractivity (Wildman–Crippen MR) is 82.9 cm³/mol. The Morgan fingerprint density at radius 2 is 1.95 bits per heavy atom. The molecule has 1 heterocycles. The van der Waals surface area contributed by atoms with Crippen LogP contribution in [0.1, 0.15) is 46.5 Å². The minimum absolute atomic E-state index is 0.356. The molecule has 0 aromatic carbocycles. The average Bonchev–Trinajstić information content (AvgIpc) is 2.76. The van der Waals surface area contributed by atoms with Gasteiger partial charge in [-0.25, -0.2) is 0 Å². The maximum atomic E-state index is 11.6. The highest BCUT2D eigenvalue weighted by molar-refractivity contribution is 7.84. The number of rotatable bonds is 4. The Bertz CT molecular complexity index is 326. The van der Waals surface area contributed by atoms with Gasteiger partial charge in [-0.1, -0.05) is 26.7 Å². The molecular weight excluding hydrogens is 256 g/mol. The summed E-state index contributed by atoms with van der Waals surface area (Å²) in [7, 11) is -0.701. The van der Waals surface area contributed by atoms with Crippen LogP contribution in [-0.2, 0) is 10.8 Å². The summed E-state index contributed by atoms with van der Waals surface area (Å²) in [6.07, 6.45) is 7.18. The van der Waals surface area contributed by atoms with E-state index >= 15 is 0 Å². The van der Waals surface area contributed by atoms with Crippen molar-refractivity contribution in [3.05, 3.63) is 0 Å². The lowest BCUT2D eigenvalue weighted by molar-refractivity contribution is 0.0342. The fourth-order valence-electron chi connectivity index (χ4n) is 3.88. The SMILES string of the molecule is CC(C)C1CNC2(CCCC2)CN1C(C)CS(C)=O. The van der Waals surface area contributed by atoms with Crippen LogP contribution in [0.4, 0.5) is 0 Å². The van der Waals surface area contributed by atoms with Gasteiger partial charge in [-0.3, -0.25) is 9.11 Å². The monoisotopic (exact) mass is 286 g/mol. The number of nitrogens with one attached hydrogen (secondary N) is 1. The maximum absolute atomic E-state index is 11.6. The molecule has 3 nitrogen and oxygen atoms in total. The van der Waals surface area contributed by atoms with Gasteiger partial charge in [0.25, 0.3) is 0 Å². The van der Waals surface area contributed by atoms with Crippen LogP contribution in [-0.4, -0.2) is 51.8 Å². The second kappa shape index (κ2) is 6.23. The van der Waals surface area contributed by atoms with Gasteiger partial charge in [-0.15, -0.1) is 0 Å². The molecule has 1 spiro atoms. The molecule has 0 aromatic heterocycles. The molecule has 2 fully saturated rings. The number of piperazine rings is 1. The second-order valence-corrected chi connectivity index (χ2v) is 8.42. The van der Waals surface area contributed by atoms with Gasteiger partial charge in [-0.05, 0) is 25.7 Å². The molecule has 0 bridgehead atoms. The molecule has 0 amide bonds. The summed E-state index contributed by atoms with van der Waals surface area (Å²) in [5.41, 5.74) is 0.356. The van der Waals surface area contributed by atoms with Crippen LogP contribution in [0, 0.1) is 5.92 Å². The van der Waals surface area contributed by atoms with Gasteiger partial charge in [0.05, 0.1) is 0 Å². The van der Waals surface area contributed by atoms with Crippen molar-refractivity contribution in [1.29, 1.82) is 0 Å². The third-order valence-electron chi connectivity index (χ3n) is 4.97. The fourth-order valence-corrected chi connectivity index (χ4v) is 4.76. The topological polar surface area (TPSA) is 32.3 Å². The predicted octanol–water partition coefficient (Wildman–Crippen LogP) is 2.00. The Kier molecular flexibility index (Phi) is 5.07. The number of hydrogen-bond acceptors (Lipinski definition) is 3. The van der Waals surface area contributed by atoms with E-state index in [4.69, 9.17) is 0 Å². The van der Waals surface area contributed by atoms with Crippen molar-refractivity contribution in [2.24, 2.45) is 5.92 Å². The van der Waals surface area contributed by atoms with E-state index in [0.29, 0.717) is 23.5 Å². The van der Waals surface area contributed by atoms with E-state index in [0.717, 1.165) is 18.8 Å². The first-order valence-corrected chi connectivity index (χ1v) is 9.47. The molecule has 112 valence electrons. The summed E-state index contributed by atoms with van der Waals surface area (Å²) < 4.78 is 11.6. The van der Waals surface area contributed by atoms with E-state index in [1.54, 1.807) is 0 Å². The fraction of sp³-hybridized carbons (Fsp3) is 1.00. The molecule has 2 rings (SSSR count). The summed E-state index contributed by atoms with van der Waals surface area (Å²) in [5.74, 6) is 1.46. The highest BCUT2D eigenvalue weighted by atomic mass is 32.2. The van der Waals surface area contributed by atoms with Crippen LogP contribution in [0.25, 0.3) is 0 Å². The van der Waals surface area contributed by atoms with Crippen LogP contribution >= 0.6 is 0 Å². The smallest absolute Gasteiger partial charge is 0.0385 e. The minimum Gasteiger partial charge on any atom is -0.308 e. The van der Waals surface area contributed by atoms with Crippen molar-refractivity contribution in [2.75, 3.05) is 25.1 Å². The molecule has 3 unspecified atom stereocenters. The molecule has 4 heteroatoms. The van der Waals surface area contributed by atoms with Crippen molar-refractivity contribution < 1.29 is 4.21 Å². The van der Waals surface area contributed by atoms with E-state index in [2.05, 4.69) is 31.0 Å². The molecule has 19 heavy (non-hydrogen) atoms. The summed E-state index contributed by atoms with van der Waals surface area (Å²) in [6, 6.07) is 1.02. The second-order valence-electron chi connectivity index (χ2n) is 6.94. The standard InChI is InChI=1S/C15H30N2OS/c1-12(2)14-9-16-15(7-5-6-8-15)11-17(14)13(3)10-19(4)18/h12-14,16H,5-11H2,1-4H3. The molecule has 1 aliphatic heterocycles. The van der Waals surface area contributed by atoms with Crippen molar-refractivity contribution in [2.45, 2.75) is 64.1 Å². The van der Waals surface area contributed by atoms with Crippen molar-refractivity contribution >= 4 is 10.8 Å². The third kappa shape index (κ3) is 3.59. The van der Waals surface area contributed by atoms with Gasteiger partial charge in [-0.2, -0.15) is 0 Å². The number of nitrogens with zero attached hydrogens (tertiary/aromatic N) is 1. The Balaban J connectivity index is 2.10. The van der Waals surface area contributed by atoms with E-state index < -0.39 is 10.8 Å². The Hall–Kier alpha value is 0.0700. The lowest BCUT2D eigenvalue weighted by Crippen LogP contribution is -2.66. The first-order chi connectivity index (χ1) is 8.93. The highest BCUT2D eigenvalue weighted by Crippen LogP contribution is 2.35. The summed E-state index contributed by atoms with van der Waals surface area (Å²) in [5, 5.41) is 3.85. The van der Waals surface area contributed by atoms with Crippen LogP contribution in [0.3, 0.4) is 0 Å². The largest absolute Gasteiger partial charge is 0.308 e. The van der Waals surface area contributed by atoms with E-state index in [1.807, 2.05) is 6.26 Å². The van der Waals surface area contributed by atoms with Crippen LogP contribution < -0.4 is 5.32 Å². The Labute approximate surface area is 121 Å². The Morgan fingerprint density at radius 3 is 2.47 bits per heavy atom. The molecule has 1 saturated heterocycles. The van der Waals surface area contributed by atoms with Crippen LogP contribution in [0.2, 0.25) is 0 Å². The number of hydrogen-bond donors (Lipinski definition) is 1. The van der Waals surface area contributed by atoms with Gasteiger partial charge in [0, 0.05) is 53.5 Å².